The minimum absolute atomic E-state index is 0.892. The zero-order valence-electron chi connectivity index (χ0n) is 8.99. The summed E-state index contributed by atoms with van der Waals surface area (Å²) in [5.74, 6) is 3.15. The Morgan fingerprint density at radius 2 is 1.86 bits per heavy atom. The van der Waals surface area contributed by atoms with Crippen molar-refractivity contribution >= 4 is 0 Å². The normalized spacial score (nSPS) is 46.9. The molecule has 3 fully saturated rings. The SMILES string of the molecule is NCCC1CCC(N2CC3CC3C2)C1. The Balaban J connectivity index is 1.50. The minimum atomic E-state index is 0.892. The van der Waals surface area contributed by atoms with E-state index in [0.717, 1.165) is 30.3 Å². The zero-order chi connectivity index (χ0) is 9.54. The summed E-state index contributed by atoms with van der Waals surface area (Å²) in [5.41, 5.74) is 5.62. The molecule has 4 atom stereocenters. The van der Waals surface area contributed by atoms with Crippen molar-refractivity contribution in [2.45, 2.75) is 38.1 Å². The Bertz CT molecular complexity index is 206. The first-order valence-electron chi connectivity index (χ1n) is 6.31. The van der Waals surface area contributed by atoms with Crippen LogP contribution in [0, 0.1) is 17.8 Å². The fourth-order valence-corrected chi connectivity index (χ4v) is 3.61. The molecule has 0 aromatic heterocycles. The molecular formula is C12H22N2. The fraction of sp³-hybridized carbons (Fsp3) is 1.00. The Hall–Kier alpha value is -0.0800. The van der Waals surface area contributed by atoms with Gasteiger partial charge in [0.25, 0.3) is 0 Å². The van der Waals surface area contributed by atoms with Crippen molar-refractivity contribution in [3.05, 3.63) is 0 Å². The van der Waals surface area contributed by atoms with Gasteiger partial charge in [0.1, 0.15) is 0 Å². The molecule has 4 unspecified atom stereocenters. The first-order chi connectivity index (χ1) is 6.86. The maximum absolute atomic E-state index is 5.62. The van der Waals surface area contributed by atoms with E-state index in [1.807, 2.05) is 0 Å². The second kappa shape index (κ2) is 3.49. The third-order valence-corrected chi connectivity index (χ3v) is 4.61. The van der Waals surface area contributed by atoms with Crippen molar-refractivity contribution in [2.24, 2.45) is 23.5 Å². The van der Waals surface area contributed by atoms with Gasteiger partial charge in [0, 0.05) is 19.1 Å². The van der Waals surface area contributed by atoms with Gasteiger partial charge in [0.15, 0.2) is 0 Å². The van der Waals surface area contributed by atoms with Crippen LogP contribution in [0.15, 0.2) is 0 Å². The number of piperidine rings is 1. The molecule has 2 saturated carbocycles. The zero-order valence-corrected chi connectivity index (χ0v) is 8.99. The molecule has 3 aliphatic rings. The number of likely N-dealkylation sites (tertiary alicyclic amines) is 1. The van der Waals surface area contributed by atoms with E-state index in [-0.39, 0.29) is 0 Å². The summed E-state index contributed by atoms with van der Waals surface area (Å²) in [6.45, 7) is 3.73. The van der Waals surface area contributed by atoms with Gasteiger partial charge in [-0.2, -0.15) is 0 Å². The summed E-state index contributed by atoms with van der Waals surface area (Å²) < 4.78 is 0. The van der Waals surface area contributed by atoms with Crippen LogP contribution in [0.25, 0.3) is 0 Å². The molecule has 0 aromatic carbocycles. The number of fused-ring (bicyclic) bond motifs is 1. The maximum atomic E-state index is 5.62. The highest BCUT2D eigenvalue weighted by Crippen LogP contribution is 2.47. The molecule has 2 aliphatic carbocycles. The van der Waals surface area contributed by atoms with Gasteiger partial charge >= 0.3 is 0 Å². The first-order valence-corrected chi connectivity index (χ1v) is 6.31. The number of nitrogens with zero attached hydrogens (tertiary/aromatic N) is 1. The molecule has 2 N–H and O–H groups in total. The average Bonchev–Trinajstić information content (AvgIpc) is 2.68. The van der Waals surface area contributed by atoms with E-state index >= 15 is 0 Å². The predicted molar refractivity (Wildman–Crippen MR) is 58.0 cm³/mol. The van der Waals surface area contributed by atoms with Gasteiger partial charge in [-0.15, -0.1) is 0 Å². The molecule has 0 aromatic rings. The summed E-state index contributed by atoms with van der Waals surface area (Å²) >= 11 is 0. The maximum Gasteiger partial charge on any atom is 0.00982 e. The van der Waals surface area contributed by atoms with Crippen molar-refractivity contribution in [3.63, 3.8) is 0 Å². The van der Waals surface area contributed by atoms with E-state index in [4.69, 9.17) is 5.73 Å². The number of hydrogen-bond donors (Lipinski definition) is 1. The first kappa shape index (κ1) is 9.17. The number of hydrogen-bond acceptors (Lipinski definition) is 2. The summed E-state index contributed by atoms with van der Waals surface area (Å²) in [4.78, 5) is 2.77. The molecule has 0 amide bonds. The summed E-state index contributed by atoms with van der Waals surface area (Å²) in [6.07, 6.45) is 7.13. The van der Waals surface area contributed by atoms with Crippen LogP contribution in [-0.2, 0) is 0 Å². The standard InChI is InChI=1S/C12H22N2/c13-4-3-9-1-2-12(5-9)14-7-10-6-11(10)8-14/h9-12H,1-8,13H2. The lowest BCUT2D eigenvalue weighted by Crippen LogP contribution is -2.32. The van der Waals surface area contributed by atoms with Crippen molar-refractivity contribution in [1.82, 2.24) is 4.90 Å². The van der Waals surface area contributed by atoms with Crippen molar-refractivity contribution in [1.29, 1.82) is 0 Å². The number of rotatable bonds is 3. The van der Waals surface area contributed by atoms with Crippen LogP contribution in [0.3, 0.4) is 0 Å². The number of nitrogens with two attached hydrogens (primary N) is 1. The molecule has 80 valence electrons. The van der Waals surface area contributed by atoms with E-state index in [2.05, 4.69) is 4.90 Å². The molecule has 1 heterocycles. The van der Waals surface area contributed by atoms with Crippen LogP contribution in [0.2, 0.25) is 0 Å². The van der Waals surface area contributed by atoms with Gasteiger partial charge in [0.2, 0.25) is 0 Å². The molecule has 1 aliphatic heterocycles. The second-order valence-electron chi connectivity index (χ2n) is 5.62. The van der Waals surface area contributed by atoms with E-state index in [1.165, 1.54) is 45.2 Å². The van der Waals surface area contributed by atoms with E-state index in [0.29, 0.717) is 0 Å². The van der Waals surface area contributed by atoms with Crippen LogP contribution in [0.4, 0.5) is 0 Å². The molecule has 14 heavy (non-hydrogen) atoms. The van der Waals surface area contributed by atoms with Crippen molar-refractivity contribution < 1.29 is 0 Å². The topological polar surface area (TPSA) is 29.3 Å². The van der Waals surface area contributed by atoms with Crippen LogP contribution < -0.4 is 5.73 Å². The van der Waals surface area contributed by atoms with Gasteiger partial charge < -0.3 is 5.73 Å². The third-order valence-electron chi connectivity index (χ3n) is 4.61. The highest BCUT2D eigenvalue weighted by atomic mass is 15.2. The molecule has 2 heteroatoms. The third kappa shape index (κ3) is 1.59. The van der Waals surface area contributed by atoms with E-state index in [1.54, 1.807) is 0 Å². The highest BCUT2D eigenvalue weighted by Gasteiger charge is 2.47. The monoisotopic (exact) mass is 194 g/mol. The summed E-state index contributed by atoms with van der Waals surface area (Å²) in [6, 6.07) is 0.930. The van der Waals surface area contributed by atoms with Crippen molar-refractivity contribution in [3.8, 4) is 0 Å². The molecule has 0 radical (unpaired) electrons. The van der Waals surface area contributed by atoms with Gasteiger partial charge in [-0.1, -0.05) is 0 Å². The Morgan fingerprint density at radius 1 is 1.07 bits per heavy atom. The van der Waals surface area contributed by atoms with Crippen LogP contribution in [0.5, 0.6) is 0 Å². The second-order valence-corrected chi connectivity index (χ2v) is 5.62. The molecule has 3 rings (SSSR count). The molecule has 2 nitrogen and oxygen atoms in total. The smallest absolute Gasteiger partial charge is 0.00982 e. The van der Waals surface area contributed by atoms with Crippen molar-refractivity contribution in [2.75, 3.05) is 19.6 Å². The van der Waals surface area contributed by atoms with E-state index < -0.39 is 0 Å². The average molecular weight is 194 g/mol. The molecule has 1 saturated heterocycles. The fourth-order valence-electron chi connectivity index (χ4n) is 3.61. The Morgan fingerprint density at radius 3 is 2.57 bits per heavy atom. The van der Waals surface area contributed by atoms with Crippen LogP contribution >= 0.6 is 0 Å². The van der Waals surface area contributed by atoms with Gasteiger partial charge in [-0.05, 0) is 56.4 Å². The minimum Gasteiger partial charge on any atom is -0.330 e. The van der Waals surface area contributed by atoms with Gasteiger partial charge in [-0.25, -0.2) is 0 Å². The summed E-state index contributed by atoms with van der Waals surface area (Å²) in [7, 11) is 0. The Labute approximate surface area is 86.8 Å². The van der Waals surface area contributed by atoms with Gasteiger partial charge in [0.05, 0.1) is 0 Å². The van der Waals surface area contributed by atoms with Crippen LogP contribution in [0.1, 0.15) is 32.1 Å². The van der Waals surface area contributed by atoms with E-state index in [9.17, 15) is 0 Å². The molecular weight excluding hydrogens is 172 g/mol. The summed E-state index contributed by atoms with van der Waals surface area (Å²) in [5, 5.41) is 0. The lowest BCUT2D eigenvalue weighted by atomic mass is 10.0. The van der Waals surface area contributed by atoms with Crippen LogP contribution in [-0.4, -0.2) is 30.6 Å². The highest BCUT2D eigenvalue weighted by molar-refractivity contribution is 5.00. The molecule has 0 spiro atoms. The largest absolute Gasteiger partial charge is 0.330 e. The lowest BCUT2D eigenvalue weighted by molar-refractivity contribution is 0.217. The predicted octanol–water partition coefficient (Wildman–Crippen LogP) is 1.46. The van der Waals surface area contributed by atoms with Gasteiger partial charge in [-0.3, -0.25) is 4.90 Å². The lowest BCUT2D eigenvalue weighted by Gasteiger charge is -2.25. The quantitative estimate of drug-likeness (QED) is 0.737. The molecule has 0 bridgehead atoms. The Kier molecular flexibility index (Phi) is 2.29.